The average molecular weight is 1830 g/mol. The van der Waals surface area contributed by atoms with E-state index in [4.69, 9.17) is 5.73 Å². The van der Waals surface area contributed by atoms with Crippen molar-refractivity contribution in [1.82, 2.24) is 77.8 Å². The average Bonchev–Trinajstić information content (AvgIpc) is 1.77. The number of carboxylic acid groups (broad SMARTS) is 1. The third-order valence-electron chi connectivity index (χ3n) is 22.6. The summed E-state index contributed by atoms with van der Waals surface area (Å²) in [6.07, 6.45) is -0.0361. The molecule has 11 atom stereocenters. The monoisotopic (exact) mass is 1830 g/mol. The molecule has 132 heavy (non-hydrogen) atoms. The van der Waals surface area contributed by atoms with Gasteiger partial charge in [-0.2, -0.15) is 0 Å². The summed E-state index contributed by atoms with van der Waals surface area (Å²) in [6.45, 7) is 6.16. The van der Waals surface area contributed by atoms with Crippen LogP contribution >= 0.6 is 11.8 Å². The van der Waals surface area contributed by atoms with Crippen molar-refractivity contribution in [3.63, 3.8) is 0 Å². The number of carbonyl (C=O) groups is 16. The first-order valence-electron chi connectivity index (χ1n) is 43.7. The number of aromatic nitrogens is 1. The maximum absolute atomic E-state index is 15.6. The van der Waals surface area contributed by atoms with Gasteiger partial charge in [-0.15, -0.1) is 11.8 Å². The van der Waals surface area contributed by atoms with Crippen molar-refractivity contribution in [1.29, 1.82) is 0 Å². The minimum Gasteiger partial charge on any atom is -0.508 e. The van der Waals surface area contributed by atoms with E-state index in [1.54, 1.807) is 137 Å². The Bertz CT molecular complexity index is 5410. The van der Waals surface area contributed by atoms with Crippen LogP contribution in [0.15, 0.2) is 182 Å². The van der Waals surface area contributed by atoms with Gasteiger partial charge in [-0.25, -0.2) is 0 Å². The molecule has 1 fully saturated rings. The number of nitrogens with two attached hydrogens (primary N) is 1. The van der Waals surface area contributed by atoms with Crippen LogP contribution in [0, 0.1) is 11.8 Å². The normalized spacial score (nSPS) is 21.6. The fourth-order valence-electron chi connectivity index (χ4n) is 15.5. The Morgan fingerprint density at radius 3 is 1.50 bits per heavy atom. The Morgan fingerprint density at radius 1 is 0.455 bits per heavy atom. The molecular weight excluding hydrogens is 1710 g/mol. The van der Waals surface area contributed by atoms with Crippen LogP contribution in [-0.2, 0) is 115 Å². The second-order valence-electron chi connectivity index (χ2n) is 33.8. The van der Waals surface area contributed by atoms with Crippen LogP contribution in [0.1, 0.15) is 100 Å². The summed E-state index contributed by atoms with van der Waals surface area (Å²) in [5.74, 6) is -17.7. The lowest BCUT2D eigenvalue weighted by Crippen LogP contribution is -2.61. The quantitative estimate of drug-likeness (QED) is 0.0437. The summed E-state index contributed by atoms with van der Waals surface area (Å²) < 4.78 is 0. The van der Waals surface area contributed by atoms with Gasteiger partial charge < -0.3 is 98.8 Å². The van der Waals surface area contributed by atoms with Crippen LogP contribution in [0.25, 0.3) is 21.7 Å². The smallest absolute Gasteiger partial charge is 0.305 e. The molecule has 0 aliphatic carbocycles. The van der Waals surface area contributed by atoms with Crippen LogP contribution in [-0.4, -0.2) is 260 Å². The van der Waals surface area contributed by atoms with E-state index in [9.17, 15) is 53.7 Å². The van der Waals surface area contributed by atoms with Crippen molar-refractivity contribution in [3.05, 3.63) is 216 Å². The Morgan fingerprint density at radius 2 is 0.917 bits per heavy atom. The van der Waals surface area contributed by atoms with Crippen molar-refractivity contribution in [2.24, 2.45) is 17.6 Å². The highest BCUT2D eigenvalue weighted by atomic mass is 32.2. The number of hydrogen-bond donors (Lipinski definition) is 15. The number of primary amides is 1. The number of phenols is 2. The Labute approximate surface area is 769 Å². The molecule has 35 nitrogen and oxygen atoms in total. The maximum Gasteiger partial charge on any atom is 0.305 e. The van der Waals surface area contributed by atoms with E-state index < -0.39 is 205 Å². The number of fused-ring (bicyclic) bond motifs is 2. The molecule has 0 radical (unpaired) electrons. The molecule has 1 saturated heterocycles. The Kier molecular flexibility index (Phi) is 37.7. The molecule has 2 heterocycles. The lowest BCUT2D eigenvalue weighted by molar-refractivity contribution is -0.147. The number of amides is 15. The zero-order chi connectivity index (χ0) is 96.0. The van der Waals surface area contributed by atoms with Crippen LogP contribution in [0.3, 0.4) is 0 Å². The number of hydrogen-bond acceptors (Lipinski definition) is 19. The largest absolute Gasteiger partial charge is 0.508 e. The van der Waals surface area contributed by atoms with Crippen molar-refractivity contribution in [2.45, 2.75) is 172 Å². The molecule has 15 amide bonds. The lowest BCUT2D eigenvalue weighted by atomic mass is 9.96. The standard InChI is InChI=1S/C96H118N16O19S/c1-10-11-33-78-95(130)110(7)53-82(117)101-74(49-84(119)120)91(126)108-85(57(4)5)96(131)112(9)79(46-59-25-16-13-17-26-59)92(127)106-75(45-61-36-40-66(114)41-37-61)93(128)109(6)52-81(116)100-73(48-64-50-98-69-32-21-20-31-68(64)69)90(125)104-72(44-60-34-38-65(113)39-35-60)89(124)103-70(42-56(2)3)87(122)107-77(86(121)99-51-80(97)115)54-132-55-83(118)102-71(43-58-23-14-12-15-24-58)88(123)105-76(94(129)111(78)8)47-63-29-22-28-62-27-18-19-30-67(62)63/h12-32,34-41,50,56-57,70-79,85,98,113-114H,10-11,33,42-49,51-55H2,1-9H3,(H2,97,115)(H,99,121)(H,100,116)(H,101,117)(H,102,118)(H,103,124)(H,104,125)(H,105,123)(H,106,127)(H,107,122)(H,108,126)(H,119,120)/t70-,71-,72-,73-,74-,75-,76-,77-,78-,79-,85-/m0/s1. The summed E-state index contributed by atoms with van der Waals surface area (Å²) in [5.41, 5.74) is 9.11. The van der Waals surface area contributed by atoms with Crippen LogP contribution < -0.4 is 58.9 Å². The van der Waals surface area contributed by atoms with Gasteiger partial charge in [0.1, 0.15) is 78.0 Å². The summed E-state index contributed by atoms with van der Waals surface area (Å²) in [7, 11) is 5.16. The maximum atomic E-state index is 15.6. The number of H-pyrrole nitrogens is 1. The van der Waals surface area contributed by atoms with Gasteiger partial charge >= 0.3 is 5.97 Å². The second kappa shape index (κ2) is 49.0. The van der Waals surface area contributed by atoms with Crippen LogP contribution in [0.4, 0.5) is 0 Å². The SMILES string of the molecule is CCCC[C@H]1C(=O)N(C)CC(=O)N[C@@H](CC(=O)O)C(=O)N[C@@H](C(C)C)C(=O)N(C)[C@@H](Cc2ccccc2)C(=O)N[C@@H](Cc2ccc(O)cc2)C(=O)N(C)CC(=O)N[C@@H](Cc2c[nH]c3ccccc23)C(=O)N[C@@H](Cc2ccc(O)cc2)C(=O)N[C@@H](CC(C)C)C(=O)N[C@H](C(=O)NCC(N)=O)CSCC(=O)N[C@@H](Cc2ccccc2)C(=O)N[C@@H](Cc2cccc3ccccc23)C(=O)N1C. The van der Waals surface area contributed by atoms with Crippen LogP contribution in [0.2, 0.25) is 0 Å². The van der Waals surface area contributed by atoms with E-state index in [0.29, 0.717) is 62.5 Å². The van der Waals surface area contributed by atoms with E-state index >= 15 is 38.4 Å². The predicted molar refractivity (Wildman–Crippen MR) is 495 cm³/mol. The highest BCUT2D eigenvalue weighted by molar-refractivity contribution is 8.00. The van der Waals surface area contributed by atoms with Crippen LogP contribution in [0.5, 0.6) is 11.5 Å². The van der Waals surface area contributed by atoms with Gasteiger partial charge in [-0.1, -0.05) is 193 Å². The zero-order valence-electron chi connectivity index (χ0n) is 75.3. The molecule has 7 aromatic carbocycles. The first-order valence-corrected chi connectivity index (χ1v) is 44.8. The number of rotatable bonds is 23. The van der Waals surface area contributed by atoms with Gasteiger partial charge in [-0.3, -0.25) is 76.7 Å². The third-order valence-corrected chi connectivity index (χ3v) is 23.7. The number of benzene rings is 7. The van der Waals surface area contributed by atoms with E-state index in [-0.39, 0.29) is 68.8 Å². The van der Waals surface area contributed by atoms with Gasteiger partial charge in [0.25, 0.3) is 0 Å². The summed E-state index contributed by atoms with van der Waals surface area (Å²) in [5, 5.41) is 60.0. The fourth-order valence-corrected chi connectivity index (χ4v) is 16.4. The molecule has 1 aliphatic rings. The van der Waals surface area contributed by atoms with Gasteiger partial charge in [0.2, 0.25) is 88.6 Å². The van der Waals surface area contributed by atoms with E-state index in [2.05, 4.69) is 58.2 Å². The Balaban J connectivity index is 1.12. The molecule has 0 bridgehead atoms. The molecule has 1 aromatic heterocycles. The number of aliphatic carboxylic acids is 1. The highest BCUT2D eigenvalue weighted by Crippen LogP contribution is 2.26. The van der Waals surface area contributed by atoms with Gasteiger partial charge in [0, 0.05) is 89.6 Å². The molecule has 0 unspecified atom stereocenters. The number of aromatic hydroxyl groups is 2. The molecule has 8 aromatic rings. The molecule has 9 rings (SSSR count). The summed E-state index contributed by atoms with van der Waals surface area (Å²) in [4.78, 5) is 243. The molecule has 0 saturated carbocycles. The lowest BCUT2D eigenvalue weighted by Gasteiger charge is -2.34. The van der Waals surface area contributed by atoms with Gasteiger partial charge in [-0.05, 0) is 99.2 Å². The number of thioether (sulfide) groups is 1. The zero-order valence-corrected chi connectivity index (χ0v) is 76.1. The molecule has 36 heteroatoms. The van der Waals surface area contributed by atoms with Gasteiger partial charge in [0.05, 0.1) is 31.8 Å². The number of nitrogens with one attached hydrogen (secondary N) is 11. The third kappa shape index (κ3) is 29.9. The number of phenolic OH excluding ortho intramolecular Hbond substituents is 2. The second-order valence-corrected chi connectivity index (χ2v) is 34.8. The van der Waals surface area contributed by atoms with Crippen molar-refractivity contribution < 1.29 is 92.0 Å². The van der Waals surface area contributed by atoms with E-state index in [1.807, 2.05) is 31.2 Å². The number of aromatic amines is 1. The highest BCUT2D eigenvalue weighted by Gasteiger charge is 2.42. The number of likely N-dealkylation sites (N-methyl/N-ethyl adjacent to an activating group) is 4. The van der Waals surface area contributed by atoms with Gasteiger partial charge in [0.15, 0.2) is 0 Å². The number of nitrogens with zero attached hydrogens (tertiary/aromatic N) is 4. The minimum atomic E-state index is -1.91. The molecule has 1 aliphatic heterocycles. The molecule has 0 spiro atoms. The Hall–Kier alpha value is -14.2. The first kappa shape index (κ1) is 102. The van der Waals surface area contributed by atoms with Crippen molar-refractivity contribution >= 4 is 128 Å². The predicted octanol–water partition coefficient (Wildman–Crippen LogP) is 3.14. The fraction of sp³-hybridized carbons (Fsp3) is 0.396. The molecule has 702 valence electrons. The van der Waals surface area contributed by atoms with E-state index in [1.165, 1.54) is 76.7 Å². The number of unbranched alkanes of at least 4 members (excludes halogenated alkanes) is 1. The topological polar surface area (TPSA) is 509 Å². The minimum absolute atomic E-state index is 0.0152. The van der Waals surface area contributed by atoms with Crippen molar-refractivity contribution in [3.8, 4) is 11.5 Å². The van der Waals surface area contributed by atoms with E-state index in [0.717, 1.165) is 36.7 Å². The number of carbonyl (C=O) groups excluding carboxylic acids is 15. The van der Waals surface area contributed by atoms with Crippen molar-refractivity contribution in [2.75, 3.05) is 59.3 Å². The first-order chi connectivity index (χ1) is 62.9. The summed E-state index contributed by atoms with van der Waals surface area (Å²) in [6, 6.07) is 31.1. The number of carboxylic acids is 1. The molecular formula is C96H118N16O19S. The summed E-state index contributed by atoms with van der Waals surface area (Å²) >= 11 is 0.822. The number of para-hydroxylation sites is 1. The molecule has 16 N–H and O–H groups in total.